The monoisotopic (exact) mass is 206 g/mol. The molecule has 0 amide bonds. The number of hydrogen-bond donors (Lipinski definition) is 0. The van der Waals surface area contributed by atoms with Gasteiger partial charge in [-0.15, -0.1) is 0 Å². The van der Waals surface area contributed by atoms with Crippen LogP contribution in [0.25, 0.3) is 0 Å². The molecule has 0 aliphatic carbocycles. The second kappa shape index (κ2) is 3.53. The van der Waals surface area contributed by atoms with E-state index in [1.165, 1.54) is 5.56 Å². The number of rotatable bonds is 1. The zero-order valence-corrected chi connectivity index (χ0v) is 8.93. The average Bonchev–Trinajstić information content (AvgIpc) is 2.23. The lowest BCUT2D eigenvalue weighted by molar-refractivity contribution is -0.384. The largest absolute Gasteiger partial charge is 0.371 e. The van der Waals surface area contributed by atoms with Crippen LogP contribution in [0.1, 0.15) is 18.9 Å². The SMILES string of the molecule is CC1CCc2ccc([N+](=O)[O-])cc2N1C. The van der Waals surface area contributed by atoms with Crippen molar-refractivity contribution in [3.63, 3.8) is 0 Å². The minimum Gasteiger partial charge on any atom is -0.371 e. The van der Waals surface area contributed by atoms with Crippen LogP contribution in [0.2, 0.25) is 0 Å². The number of nitro benzene ring substituents is 1. The Morgan fingerprint density at radius 1 is 1.53 bits per heavy atom. The molecule has 0 N–H and O–H groups in total. The maximum Gasteiger partial charge on any atom is 0.271 e. The van der Waals surface area contributed by atoms with Gasteiger partial charge in [0, 0.05) is 30.9 Å². The lowest BCUT2D eigenvalue weighted by atomic mass is 9.97. The lowest BCUT2D eigenvalue weighted by Gasteiger charge is -2.33. The fraction of sp³-hybridized carbons (Fsp3) is 0.455. The molecular formula is C11H14N2O2. The summed E-state index contributed by atoms with van der Waals surface area (Å²) in [5, 5.41) is 10.7. The van der Waals surface area contributed by atoms with Crippen molar-refractivity contribution in [1.82, 2.24) is 0 Å². The predicted molar refractivity (Wildman–Crippen MR) is 59.3 cm³/mol. The van der Waals surface area contributed by atoms with E-state index in [9.17, 15) is 10.1 Å². The Kier molecular flexibility index (Phi) is 2.34. The third kappa shape index (κ3) is 1.67. The Balaban J connectivity index is 2.45. The van der Waals surface area contributed by atoms with E-state index >= 15 is 0 Å². The van der Waals surface area contributed by atoms with Crippen LogP contribution in [0.4, 0.5) is 11.4 Å². The van der Waals surface area contributed by atoms with Crippen LogP contribution in [0.15, 0.2) is 18.2 Å². The molecule has 0 spiro atoms. The summed E-state index contributed by atoms with van der Waals surface area (Å²) in [6, 6.07) is 5.59. The van der Waals surface area contributed by atoms with Crippen molar-refractivity contribution >= 4 is 11.4 Å². The quantitative estimate of drug-likeness (QED) is 0.523. The van der Waals surface area contributed by atoms with Crippen molar-refractivity contribution in [2.75, 3.05) is 11.9 Å². The summed E-state index contributed by atoms with van der Waals surface area (Å²) >= 11 is 0. The lowest BCUT2D eigenvalue weighted by Crippen LogP contribution is -2.33. The maximum atomic E-state index is 10.7. The van der Waals surface area contributed by atoms with Gasteiger partial charge >= 0.3 is 0 Å². The first-order valence-electron chi connectivity index (χ1n) is 5.09. The highest BCUT2D eigenvalue weighted by Crippen LogP contribution is 2.32. The first kappa shape index (κ1) is 9.96. The van der Waals surface area contributed by atoms with Gasteiger partial charge in [0.25, 0.3) is 5.69 Å². The number of aryl methyl sites for hydroxylation is 1. The van der Waals surface area contributed by atoms with Gasteiger partial charge in [-0.25, -0.2) is 0 Å². The first-order chi connectivity index (χ1) is 7.09. The van der Waals surface area contributed by atoms with Crippen LogP contribution >= 0.6 is 0 Å². The van der Waals surface area contributed by atoms with Crippen molar-refractivity contribution in [1.29, 1.82) is 0 Å². The van der Waals surface area contributed by atoms with Crippen LogP contribution in [0.5, 0.6) is 0 Å². The van der Waals surface area contributed by atoms with E-state index in [0.29, 0.717) is 6.04 Å². The first-order valence-corrected chi connectivity index (χ1v) is 5.09. The summed E-state index contributed by atoms with van der Waals surface area (Å²) < 4.78 is 0. The fourth-order valence-corrected chi connectivity index (χ4v) is 2.00. The van der Waals surface area contributed by atoms with Crippen molar-refractivity contribution < 1.29 is 4.92 Å². The smallest absolute Gasteiger partial charge is 0.271 e. The zero-order chi connectivity index (χ0) is 11.0. The second-order valence-corrected chi connectivity index (χ2v) is 4.07. The minimum absolute atomic E-state index is 0.176. The number of nitrogens with zero attached hydrogens (tertiary/aromatic N) is 2. The average molecular weight is 206 g/mol. The highest BCUT2D eigenvalue weighted by molar-refractivity contribution is 5.60. The van der Waals surface area contributed by atoms with Gasteiger partial charge in [0.15, 0.2) is 0 Å². The molecule has 1 heterocycles. The summed E-state index contributed by atoms with van der Waals surface area (Å²) in [5.41, 5.74) is 2.39. The molecule has 1 atom stereocenters. The van der Waals surface area contributed by atoms with Gasteiger partial charge in [-0.2, -0.15) is 0 Å². The fourth-order valence-electron chi connectivity index (χ4n) is 2.00. The number of benzene rings is 1. The van der Waals surface area contributed by atoms with Crippen molar-refractivity contribution in [2.45, 2.75) is 25.8 Å². The molecule has 1 aliphatic rings. The van der Waals surface area contributed by atoms with E-state index in [1.54, 1.807) is 12.1 Å². The number of fused-ring (bicyclic) bond motifs is 1. The number of anilines is 1. The Hall–Kier alpha value is -1.58. The summed E-state index contributed by atoms with van der Waals surface area (Å²) in [5.74, 6) is 0. The molecule has 0 fully saturated rings. The Morgan fingerprint density at radius 2 is 2.27 bits per heavy atom. The highest BCUT2D eigenvalue weighted by atomic mass is 16.6. The highest BCUT2D eigenvalue weighted by Gasteiger charge is 2.21. The Morgan fingerprint density at radius 3 is 2.93 bits per heavy atom. The maximum absolute atomic E-state index is 10.7. The van der Waals surface area contributed by atoms with E-state index in [2.05, 4.69) is 11.8 Å². The molecule has 15 heavy (non-hydrogen) atoms. The molecule has 0 radical (unpaired) electrons. The standard InChI is InChI=1S/C11H14N2O2/c1-8-3-4-9-5-6-10(13(14)15)7-11(9)12(8)2/h5-8H,3-4H2,1-2H3. The van der Waals surface area contributed by atoms with Crippen LogP contribution in [-0.4, -0.2) is 18.0 Å². The van der Waals surface area contributed by atoms with E-state index in [0.717, 1.165) is 18.5 Å². The van der Waals surface area contributed by atoms with E-state index < -0.39 is 0 Å². The van der Waals surface area contributed by atoms with E-state index in [-0.39, 0.29) is 10.6 Å². The third-order valence-electron chi connectivity index (χ3n) is 3.15. The van der Waals surface area contributed by atoms with Gasteiger partial charge in [-0.3, -0.25) is 10.1 Å². The molecule has 0 saturated heterocycles. The van der Waals surface area contributed by atoms with E-state index in [4.69, 9.17) is 0 Å². The molecule has 4 heteroatoms. The normalized spacial score (nSPS) is 19.9. The van der Waals surface area contributed by atoms with Crippen LogP contribution < -0.4 is 4.90 Å². The molecular weight excluding hydrogens is 192 g/mol. The summed E-state index contributed by atoms with van der Waals surface area (Å²) in [4.78, 5) is 12.4. The predicted octanol–water partition coefficient (Wildman–Crippen LogP) is 2.37. The van der Waals surface area contributed by atoms with Gasteiger partial charge in [0.05, 0.1) is 4.92 Å². The molecule has 1 aromatic carbocycles. The molecule has 1 aromatic rings. The zero-order valence-electron chi connectivity index (χ0n) is 8.93. The van der Waals surface area contributed by atoms with Crippen LogP contribution in [-0.2, 0) is 6.42 Å². The molecule has 0 saturated carbocycles. The molecule has 0 aromatic heterocycles. The minimum atomic E-state index is -0.340. The van der Waals surface area contributed by atoms with Gasteiger partial charge in [0.2, 0.25) is 0 Å². The van der Waals surface area contributed by atoms with Gasteiger partial charge in [-0.05, 0) is 25.3 Å². The van der Waals surface area contributed by atoms with Crippen molar-refractivity contribution in [3.8, 4) is 0 Å². The third-order valence-corrected chi connectivity index (χ3v) is 3.15. The number of hydrogen-bond acceptors (Lipinski definition) is 3. The van der Waals surface area contributed by atoms with Gasteiger partial charge in [0.1, 0.15) is 0 Å². The van der Waals surface area contributed by atoms with Crippen LogP contribution in [0, 0.1) is 10.1 Å². The Bertz CT molecular complexity index is 404. The molecule has 80 valence electrons. The summed E-state index contributed by atoms with van der Waals surface area (Å²) in [6.07, 6.45) is 2.13. The molecule has 4 nitrogen and oxygen atoms in total. The van der Waals surface area contributed by atoms with Gasteiger partial charge in [-0.1, -0.05) is 6.07 Å². The summed E-state index contributed by atoms with van der Waals surface area (Å²) in [7, 11) is 1.99. The molecule has 1 unspecified atom stereocenters. The topological polar surface area (TPSA) is 46.4 Å². The van der Waals surface area contributed by atoms with Gasteiger partial charge < -0.3 is 4.90 Å². The second-order valence-electron chi connectivity index (χ2n) is 4.07. The molecule has 1 aliphatic heterocycles. The molecule has 2 rings (SSSR count). The number of nitro groups is 1. The van der Waals surface area contributed by atoms with E-state index in [1.807, 2.05) is 13.1 Å². The Labute approximate surface area is 88.7 Å². The van der Waals surface area contributed by atoms with Crippen molar-refractivity contribution in [3.05, 3.63) is 33.9 Å². The van der Waals surface area contributed by atoms with Crippen molar-refractivity contribution in [2.24, 2.45) is 0 Å². The molecule has 0 bridgehead atoms. The summed E-state index contributed by atoms with van der Waals surface area (Å²) in [6.45, 7) is 2.14. The number of non-ortho nitro benzene ring substituents is 1. The van der Waals surface area contributed by atoms with Crippen LogP contribution in [0.3, 0.4) is 0 Å².